The highest BCUT2D eigenvalue weighted by Gasteiger charge is 2.50. The van der Waals surface area contributed by atoms with E-state index in [0.717, 1.165) is 44.4 Å². The molecule has 2 fully saturated rings. The minimum Gasteiger partial charge on any atom is -0.493 e. The van der Waals surface area contributed by atoms with Crippen LogP contribution in [-0.2, 0) is 11.6 Å². The van der Waals surface area contributed by atoms with Crippen molar-refractivity contribution in [2.24, 2.45) is 0 Å². The number of likely N-dealkylation sites (N-methyl/N-ethyl adjacent to an activating group) is 1. The molecule has 35 heavy (non-hydrogen) atoms. The van der Waals surface area contributed by atoms with Crippen molar-refractivity contribution in [1.29, 1.82) is 0 Å². The minimum absolute atomic E-state index is 0.0559. The molecule has 1 saturated carbocycles. The number of likely N-dealkylation sites (tertiary alicyclic amines) is 1. The highest BCUT2D eigenvalue weighted by Crippen LogP contribution is 2.50. The number of benzene rings is 2. The summed E-state index contributed by atoms with van der Waals surface area (Å²) in [5, 5.41) is 5.40. The maximum Gasteiger partial charge on any atom is 0.416 e. The Morgan fingerprint density at radius 2 is 1.86 bits per heavy atom. The summed E-state index contributed by atoms with van der Waals surface area (Å²) in [5.74, 6) is 1.38. The molecular formula is C25H29ClF3N3O3. The molecule has 1 saturated heterocycles. The van der Waals surface area contributed by atoms with Crippen LogP contribution in [0.2, 0.25) is 5.02 Å². The van der Waals surface area contributed by atoms with Gasteiger partial charge in [0.25, 0.3) is 0 Å². The number of carbonyl (C=O) groups excluding carboxylic acids is 1. The second kappa shape index (κ2) is 9.78. The number of alkyl halides is 3. The lowest BCUT2D eigenvalue weighted by Gasteiger charge is -2.45. The molecule has 4 rings (SSSR count). The van der Waals surface area contributed by atoms with E-state index in [0.29, 0.717) is 11.5 Å². The van der Waals surface area contributed by atoms with Crippen LogP contribution >= 0.6 is 11.6 Å². The average Bonchev–Trinajstić information content (AvgIpc) is 3.16. The van der Waals surface area contributed by atoms with Gasteiger partial charge in [0.2, 0.25) is 0 Å². The highest BCUT2D eigenvalue weighted by atomic mass is 35.5. The van der Waals surface area contributed by atoms with Crippen molar-refractivity contribution in [3.05, 3.63) is 52.5 Å². The fourth-order valence-electron chi connectivity index (χ4n) is 5.53. The smallest absolute Gasteiger partial charge is 0.416 e. The fraction of sp³-hybridized carbons (Fsp3) is 0.480. The molecule has 1 aliphatic carbocycles. The molecule has 6 nitrogen and oxygen atoms in total. The zero-order chi connectivity index (χ0) is 25.4. The van der Waals surface area contributed by atoms with Crippen molar-refractivity contribution in [2.75, 3.05) is 33.1 Å². The van der Waals surface area contributed by atoms with Crippen molar-refractivity contribution in [3.8, 4) is 11.5 Å². The van der Waals surface area contributed by atoms with Crippen molar-refractivity contribution in [1.82, 2.24) is 10.2 Å². The molecule has 2 amide bonds. The van der Waals surface area contributed by atoms with Crippen LogP contribution in [0.5, 0.6) is 11.5 Å². The van der Waals surface area contributed by atoms with Gasteiger partial charge in [0.05, 0.1) is 30.5 Å². The van der Waals surface area contributed by atoms with Crippen molar-refractivity contribution >= 4 is 23.3 Å². The summed E-state index contributed by atoms with van der Waals surface area (Å²) in [6.07, 6.45) is -1.10. The summed E-state index contributed by atoms with van der Waals surface area (Å²) >= 11 is 5.98. The molecule has 1 heterocycles. The number of methoxy groups -OCH3 is 2. The number of rotatable bonds is 5. The molecule has 0 radical (unpaired) electrons. The van der Waals surface area contributed by atoms with E-state index in [2.05, 4.69) is 34.7 Å². The van der Waals surface area contributed by atoms with Crippen LogP contribution in [0.4, 0.5) is 23.7 Å². The second-order valence-electron chi connectivity index (χ2n) is 9.23. The van der Waals surface area contributed by atoms with E-state index in [1.165, 1.54) is 11.6 Å². The van der Waals surface area contributed by atoms with Crippen molar-refractivity contribution < 1.29 is 27.4 Å². The van der Waals surface area contributed by atoms with Crippen LogP contribution in [0.15, 0.2) is 36.4 Å². The minimum atomic E-state index is -4.50. The summed E-state index contributed by atoms with van der Waals surface area (Å²) in [6, 6.07) is 8.60. The molecule has 2 aliphatic rings. The third kappa shape index (κ3) is 5.02. The number of ether oxygens (including phenoxy) is 2. The quantitative estimate of drug-likeness (QED) is 0.541. The van der Waals surface area contributed by atoms with Gasteiger partial charge < -0.3 is 25.0 Å². The molecule has 1 aliphatic heterocycles. The zero-order valence-corrected chi connectivity index (χ0v) is 20.6. The number of hydrogen-bond acceptors (Lipinski definition) is 4. The summed E-state index contributed by atoms with van der Waals surface area (Å²) in [4.78, 5) is 15.0. The van der Waals surface area contributed by atoms with Crippen molar-refractivity contribution in [3.63, 3.8) is 0 Å². The SMILES string of the molecule is COc1ccc(C23CCC(NC(=O)Nc4ccc(C(F)(F)F)cc4Cl)CC2N(C)CC3)cc1OC. The number of urea groups is 1. The Morgan fingerprint density at radius 3 is 2.51 bits per heavy atom. The van der Waals surface area contributed by atoms with E-state index < -0.39 is 17.8 Å². The van der Waals surface area contributed by atoms with Gasteiger partial charge >= 0.3 is 12.2 Å². The Hall–Kier alpha value is -2.65. The fourth-order valence-corrected chi connectivity index (χ4v) is 5.76. The van der Waals surface area contributed by atoms with Crippen LogP contribution in [0.1, 0.15) is 36.8 Å². The zero-order valence-electron chi connectivity index (χ0n) is 19.8. The number of halogens is 4. The number of nitrogens with one attached hydrogen (secondary N) is 2. The van der Waals surface area contributed by atoms with E-state index in [1.807, 2.05) is 6.07 Å². The van der Waals surface area contributed by atoms with E-state index in [-0.39, 0.29) is 28.2 Å². The summed E-state index contributed by atoms with van der Waals surface area (Å²) < 4.78 is 49.5. The molecule has 2 N–H and O–H groups in total. The lowest BCUT2D eigenvalue weighted by Crippen LogP contribution is -2.52. The molecule has 0 bridgehead atoms. The number of nitrogens with zero attached hydrogens (tertiary/aromatic N) is 1. The number of amides is 2. The molecule has 3 atom stereocenters. The first-order valence-corrected chi connectivity index (χ1v) is 11.8. The van der Waals surface area contributed by atoms with Gasteiger partial charge in [0.15, 0.2) is 11.5 Å². The Labute approximate surface area is 207 Å². The molecule has 2 aromatic rings. The van der Waals surface area contributed by atoms with E-state index >= 15 is 0 Å². The first kappa shape index (κ1) is 25.4. The Morgan fingerprint density at radius 1 is 1.11 bits per heavy atom. The number of fused-ring (bicyclic) bond motifs is 1. The first-order chi connectivity index (χ1) is 16.6. The standard InChI is InChI=1S/C25H29ClF3N3O3/c1-32-11-10-24(15-5-7-20(34-2)21(13-15)35-3)9-8-17(14-22(24)32)30-23(33)31-19-6-4-16(12-18(19)26)25(27,28)29/h4-7,12-13,17,22H,8-11,14H2,1-3H3,(H2,30,31,33). The number of anilines is 1. The lowest BCUT2D eigenvalue weighted by atomic mass is 9.65. The normalized spacial score (nSPS) is 24.5. The largest absolute Gasteiger partial charge is 0.493 e. The number of carbonyl (C=O) groups is 1. The Bertz CT molecular complexity index is 1100. The maximum absolute atomic E-state index is 12.9. The maximum atomic E-state index is 12.9. The van der Waals surface area contributed by atoms with Gasteiger partial charge in [-0.25, -0.2) is 4.79 Å². The molecule has 0 spiro atoms. The second-order valence-corrected chi connectivity index (χ2v) is 9.64. The summed E-state index contributed by atoms with van der Waals surface area (Å²) in [5.41, 5.74) is 0.408. The van der Waals surface area contributed by atoms with Gasteiger partial charge in [0, 0.05) is 17.5 Å². The third-order valence-electron chi connectivity index (χ3n) is 7.37. The van der Waals surface area contributed by atoms with Gasteiger partial charge in [-0.3, -0.25) is 0 Å². The van der Waals surface area contributed by atoms with E-state index in [9.17, 15) is 18.0 Å². The van der Waals surface area contributed by atoms with Gasteiger partial charge in [-0.05, 0) is 75.2 Å². The van der Waals surface area contributed by atoms with Crippen LogP contribution in [0.25, 0.3) is 0 Å². The molecule has 10 heteroatoms. The van der Waals surface area contributed by atoms with E-state index in [1.54, 1.807) is 14.2 Å². The van der Waals surface area contributed by atoms with Crippen LogP contribution in [0.3, 0.4) is 0 Å². The first-order valence-electron chi connectivity index (χ1n) is 11.4. The Balaban J connectivity index is 1.45. The van der Waals surface area contributed by atoms with Gasteiger partial charge in [-0.2, -0.15) is 13.2 Å². The average molecular weight is 512 g/mol. The predicted molar refractivity (Wildman–Crippen MR) is 129 cm³/mol. The third-order valence-corrected chi connectivity index (χ3v) is 7.68. The lowest BCUT2D eigenvalue weighted by molar-refractivity contribution is -0.137. The van der Waals surface area contributed by atoms with E-state index in [4.69, 9.17) is 21.1 Å². The molecule has 2 aromatic carbocycles. The van der Waals surface area contributed by atoms with Crippen LogP contribution in [0, 0.1) is 0 Å². The van der Waals surface area contributed by atoms with Crippen LogP contribution in [-0.4, -0.2) is 50.8 Å². The molecular weight excluding hydrogens is 483 g/mol. The molecule has 190 valence electrons. The summed E-state index contributed by atoms with van der Waals surface area (Å²) in [7, 11) is 5.33. The topological polar surface area (TPSA) is 62.8 Å². The molecule has 3 unspecified atom stereocenters. The molecule has 0 aromatic heterocycles. The van der Waals surface area contributed by atoms with Gasteiger partial charge in [0.1, 0.15) is 0 Å². The predicted octanol–water partition coefficient (Wildman–Crippen LogP) is 5.69. The van der Waals surface area contributed by atoms with Crippen molar-refractivity contribution in [2.45, 2.75) is 49.4 Å². The highest BCUT2D eigenvalue weighted by molar-refractivity contribution is 6.33. The monoisotopic (exact) mass is 511 g/mol. The summed E-state index contributed by atoms with van der Waals surface area (Å²) in [6.45, 7) is 0.944. The van der Waals surface area contributed by atoms with Gasteiger partial charge in [-0.15, -0.1) is 0 Å². The number of hydrogen-bond donors (Lipinski definition) is 2. The Kier molecular flexibility index (Phi) is 7.11. The van der Waals surface area contributed by atoms with Gasteiger partial charge in [-0.1, -0.05) is 17.7 Å². The van der Waals surface area contributed by atoms with Crippen LogP contribution < -0.4 is 20.1 Å².